The number of H-pyrrole nitrogens is 1. The van der Waals surface area contributed by atoms with E-state index in [4.69, 9.17) is 23.2 Å². The van der Waals surface area contributed by atoms with Crippen LogP contribution in [0, 0.1) is 0 Å². The van der Waals surface area contributed by atoms with Crippen molar-refractivity contribution >= 4 is 45.9 Å². The third kappa shape index (κ3) is 3.47. The molecule has 0 saturated carbocycles. The molecule has 0 aliphatic rings. The molecule has 3 aromatic rings. The molecule has 1 aromatic heterocycles. The number of aromatic nitrogens is 1. The molecule has 116 valence electrons. The van der Waals surface area contributed by atoms with Crippen LogP contribution in [0.1, 0.15) is 20.8 Å². The van der Waals surface area contributed by atoms with E-state index in [0.29, 0.717) is 21.3 Å². The minimum atomic E-state index is -0.465. The maximum Gasteiger partial charge on any atom is 0.286 e. The summed E-state index contributed by atoms with van der Waals surface area (Å²) in [5.74, 6) is -0.923. The molecule has 0 atom stereocenters. The van der Waals surface area contributed by atoms with E-state index in [1.54, 1.807) is 42.5 Å². The third-order valence-corrected chi connectivity index (χ3v) is 3.67. The molecule has 0 aliphatic carbocycles. The van der Waals surface area contributed by atoms with Gasteiger partial charge >= 0.3 is 0 Å². The van der Waals surface area contributed by atoms with E-state index in [2.05, 4.69) is 15.8 Å². The highest BCUT2D eigenvalue weighted by Gasteiger charge is 2.12. The molecule has 2 amide bonds. The summed E-state index contributed by atoms with van der Waals surface area (Å²) < 4.78 is 0. The van der Waals surface area contributed by atoms with Crippen molar-refractivity contribution in [2.45, 2.75) is 0 Å². The van der Waals surface area contributed by atoms with Crippen LogP contribution in [0.15, 0.2) is 48.5 Å². The predicted molar refractivity (Wildman–Crippen MR) is 89.7 cm³/mol. The van der Waals surface area contributed by atoms with Crippen molar-refractivity contribution in [2.75, 3.05) is 0 Å². The van der Waals surface area contributed by atoms with Crippen LogP contribution in [0.4, 0.5) is 0 Å². The van der Waals surface area contributed by atoms with Gasteiger partial charge in [0.1, 0.15) is 5.69 Å². The Morgan fingerprint density at radius 2 is 1.61 bits per heavy atom. The highest BCUT2D eigenvalue weighted by atomic mass is 35.5. The quantitative estimate of drug-likeness (QED) is 0.620. The number of hydrogen-bond donors (Lipinski definition) is 3. The number of benzene rings is 2. The molecule has 0 fully saturated rings. The van der Waals surface area contributed by atoms with Crippen molar-refractivity contribution in [3.8, 4) is 0 Å². The Balaban J connectivity index is 1.69. The van der Waals surface area contributed by atoms with Crippen LogP contribution in [-0.2, 0) is 0 Å². The third-order valence-electron chi connectivity index (χ3n) is 3.20. The number of nitrogens with one attached hydrogen (secondary N) is 3. The summed E-state index contributed by atoms with van der Waals surface area (Å²) >= 11 is 11.7. The number of fused-ring (bicyclic) bond motifs is 1. The fraction of sp³-hybridized carbons (Fsp3) is 0. The van der Waals surface area contributed by atoms with Crippen LogP contribution < -0.4 is 10.9 Å². The monoisotopic (exact) mass is 347 g/mol. The average Bonchev–Trinajstić information content (AvgIpc) is 2.95. The van der Waals surface area contributed by atoms with E-state index in [0.717, 1.165) is 10.9 Å². The molecular formula is C16H11Cl2N3O2. The van der Waals surface area contributed by atoms with Crippen LogP contribution in [0.25, 0.3) is 10.9 Å². The number of carbonyl (C=O) groups is 2. The van der Waals surface area contributed by atoms with Crippen LogP contribution in [0.3, 0.4) is 0 Å². The molecule has 0 unspecified atom stereocenters. The minimum absolute atomic E-state index is 0.314. The van der Waals surface area contributed by atoms with Gasteiger partial charge in [-0.15, -0.1) is 0 Å². The number of hydrogen-bond acceptors (Lipinski definition) is 2. The largest absolute Gasteiger partial charge is 0.350 e. The summed E-state index contributed by atoms with van der Waals surface area (Å²) in [6.07, 6.45) is 0. The number of halogens is 2. The lowest BCUT2D eigenvalue weighted by Gasteiger charge is -2.06. The molecule has 3 N–H and O–H groups in total. The van der Waals surface area contributed by atoms with Crippen molar-refractivity contribution in [3.05, 3.63) is 69.8 Å². The first-order valence-corrected chi connectivity index (χ1v) is 7.43. The van der Waals surface area contributed by atoms with Crippen molar-refractivity contribution < 1.29 is 9.59 Å². The Kier molecular flexibility index (Phi) is 4.23. The molecular weight excluding hydrogens is 337 g/mol. The second kappa shape index (κ2) is 6.32. The van der Waals surface area contributed by atoms with Crippen LogP contribution in [-0.4, -0.2) is 16.8 Å². The summed E-state index contributed by atoms with van der Waals surface area (Å²) in [4.78, 5) is 27.0. The predicted octanol–water partition coefficient (Wildman–Crippen LogP) is 3.55. The first-order valence-electron chi connectivity index (χ1n) is 6.67. The Labute approximate surface area is 141 Å². The molecule has 23 heavy (non-hydrogen) atoms. The van der Waals surface area contributed by atoms with Gasteiger partial charge in [0.15, 0.2) is 0 Å². The first kappa shape index (κ1) is 15.4. The Bertz CT molecular complexity index is 905. The molecule has 5 nitrogen and oxygen atoms in total. The lowest BCUT2D eigenvalue weighted by molar-refractivity contribution is 0.0844. The number of rotatable bonds is 2. The van der Waals surface area contributed by atoms with Gasteiger partial charge in [-0.3, -0.25) is 20.4 Å². The average molecular weight is 348 g/mol. The van der Waals surface area contributed by atoms with E-state index in [9.17, 15) is 9.59 Å². The number of amides is 2. The topological polar surface area (TPSA) is 74.0 Å². The minimum Gasteiger partial charge on any atom is -0.350 e. The Morgan fingerprint density at radius 1 is 0.870 bits per heavy atom. The van der Waals surface area contributed by atoms with Gasteiger partial charge in [0.05, 0.1) is 0 Å². The fourth-order valence-corrected chi connectivity index (χ4v) is 2.48. The van der Waals surface area contributed by atoms with E-state index in [1.165, 1.54) is 6.07 Å². The second-order valence-electron chi connectivity index (χ2n) is 4.83. The lowest BCUT2D eigenvalue weighted by atomic mass is 10.2. The fourth-order valence-electron chi connectivity index (χ4n) is 2.11. The number of carbonyl (C=O) groups excluding carboxylic acids is 2. The second-order valence-corrected chi connectivity index (χ2v) is 5.71. The Hall–Kier alpha value is -2.50. The normalized spacial score (nSPS) is 10.5. The maximum atomic E-state index is 12.1. The summed E-state index contributed by atoms with van der Waals surface area (Å²) in [7, 11) is 0. The highest BCUT2D eigenvalue weighted by molar-refractivity contribution is 6.31. The summed E-state index contributed by atoms with van der Waals surface area (Å²) in [5.41, 5.74) is 6.12. The zero-order chi connectivity index (χ0) is 16.4. The molecule has 1 heterocycles. The molecule has 0 saturated heterocycles. The summed E-state index contributed by atoms with van der Waals surface area (Å²) in [5, 5.41) is 1.83. The number of hydrazine groups is 1. The molecule has 7 heteroatoms. The van der Waals surface area contributed by atoms with Gasteiger partial charge in [0.2, 0.25) is 0 Å². The van der Waals surface area contributed by atoms with Crippen molar-refractivity contribution in [2.24, 2.45) is 0 Å². The van der Waals surface area contributed by atoms with Gasteiger partial charge in [0, 0.05) is 26.5 Å². The van der Waals surface area contributed by atoms with Gasteiger partial charge in [-0.25, -0.2) is 0 Å². The molecule has 0 bridgehead atoms. The standard InChI is InChI=1S/C16H11Cl2N3O2/c17-11-3-1-2-9(6-11)15(22)20-21-16(23)14-8-10-7-12(18)4-5-13(10)19-14/h1-8,19H,(H,20,22)(H,21,23). The van der Waals surface area contributed by atoms with E-state index < -0.39 is 11.8 Å². The highest BCUT2D eigenvalue weighted by Crippen LogP contribution is 2.20. The summed E-state index contributed by atoms with van der Waals surface area (Å²) in [6, 6.07) is 13.3. The van der Waals surface area contributed by atoms with Gasteiger partial charge in [-0.1, -0.05) is 29.3 Å². The molecule has 0 radical (unpaired) electrons. The van der Waals surface area contributed by atoms with Crippen molar-refractivity contribution in [1.29, 1.82) is 0 Å². The van der Waals surface area contributed by atoms with Crippen molar-refractivity contribution in [1.82, 2.24) is 15.8 Å². The van der Waals surface area contributed by atoms with Crippen molar-refractivity contribution in [3.63, 3.8) is 0 Å². The van der Waals surface area contributed by atoms with E-state index in [-0.39, 0.29) is 0 Å². The van der Waals surface area contributed by atoms with E-state index in [1.807, 2.05) is 0 Å². The van der Waals surface area contributed by atoms with Crippen LogP contribution >= 0.6 is 23.2 Å². The van der Waals surface area contributed by atoms with E-state index >= 15 is 0 Å². The molecule has 2 aromatic carbocycles. The first-order chi connectivity index (χ1) is 11.0. The van der Waals surface area contributed by atoms with Gasteiger partial charge < -0.3 is 4.98 Å². The lowest BCUT2D eigenvalue weighted by Crippen LogP contribution is -2.41. The van der Waals surface area contributed by atoms with Crippen LogP contribution in [0.5, 0.6) is 0 Å². The van der Waals surface area contributed by atoms with Gasteiger partial charge in [-0.05, 0) is 42.5 Å². The molecule has 3 rings (SSSR count). The molecule has 0 aliphatic heterocycles. The number of aromatic amines is 1. The van der Waals surface area contributed by atoms with Gasteiger partial charge in [0.25, 0.3) is 11.8 Å². The zero-order valence-corrected chi connectivity index (χ0v) is 13.2. The zero-order valence-electron chi connectivity index (χ0n) is 11.7. The molecule has 0 spiro atoms. The smallest absolute Gasteiger partial charge is 0.286 e. The summed E-state index contributed by atoms with van der Waals surface area (Å²) in [6.45, 7) is 0. The van der Waals surface area contributed by atoms with Gasteiger partial charge in [-0.2, -0.15) is 0 Å². The maximum absolute atomic E-state index is 12.1. The SMILES string of the molecule is O=C(NNC(=O)c1cc2cc(Cl)ccc2[nH]1)c1cccc(Cl)c1. The Morgan fingerprint density at radius 3 is 2.39 bits per heavy atom. The van der Waals surface area contributed by atoms with Crippen LogP contribution in [0.2, 0.25) is 10.0 Å².